The molecule has 4 nitrogen and oxygen atoms in total. The van der Waals surface area contributed by atoms with Gasteiger partial charge in [0.25, 0.3) is 0 Å². The van der Waals surface area contributed by atoms with Crippen molar-refractivity contribution in [1.82, 2.24) is 9.55 Å². The Balaban J connectivity index is 2.17. The van der Waals surface area contributed by atoms with Crippen LogP contribution in [0.1, 0.15) is 56.4 Å². The Bertz CT molecular complexity index is 437. The minimum atomic E-state index is -0.123. The maximum absolute atomic E-state index is 11.6. The lowest BCUT2D eigenvalue weighted by atomic mass is 10.0. The molecule has 4 heteroatoms. The zero-order valence-corrected chi connectivity index (χ0v) is 11.5. The third-order valence-electron chi connectivity index (χ3n) is 3.55. The Morgan fingerprint density at radius 3 is 2.89 bits per heavy atom. The predicted molar refractivity (Wildman–Crippen MR) is 69.6 cm³/mol. The summed E-state index contributed by atoms with van der Waals surface area (Å²) in [5.41, 5.74) is 2.56. The lowest BCUT2D eigenvalue weighted by molar-refractivity contribution is -0.143. The molecule has 0 amide bonds. The van der Waals surface area contributed by atoms with Gasteiger partial charge in [0, 0.05) is 11.7 Å². The largest absolute Gasteiger partial charge is 0.466 e. The number of ether oxygens (including phenoxy) is 1. The van der Waals surface area contributed by atoms with Crippen LogP contribution in [0.5, 0.6) is 0 Å². The highest BCUT2D eigenvalue weighted by Crippen LogP contribution is 2.26. The number of nitrogens with zero attached hydrogens (tertiary/aromatic N) is 2. The number of esters is 1. The predicted octanol–water partition coefficient (Wildman–Crippen LogP) is 2.58. The van der Waals surface area contributed by atoms with Gasteiger partial charge >= 0.3 is 5.97 Å². The second kappa shape index (κ2) is 5.55. The van der Waals surface area contributed by atoms with Crippen LogP contribution in [0.3, 0.4) is 0 Å². The van der Waals surface area contributed by atoms with Crippen molar-refractivity contribution in [3.8, 4) is 0 Å². The van der Waals surface area contributed by atoms with E-state index >= 15 is 0 Å². The number of hydrogen-bond donors (Lipinski definition) is 0. The summed E-state index contributed by atoms with van der Waals surface area (Å²) in [6.07, 6.45) is 5.05. The van der Waals surface area contributed by atoms with Crippen molar-refractivity contribution < 1.29 is 9.53 Å². The Kier molecular flexibility index (Phi) is 4.04. The van der Waals surface area contributed by atoms with Crippen LogP contribution in [0.4, 0.5) is 0 Å². The van der Waals surface area contributed by atoms with Gasteiger partial charge in [0.1, 0.15) is 5.82 Å². The molecule has 1 aromatic heterocycles. The zero-order valence-electron chi connectivity index (χ0n) is 11.5. The average Bonchev–Trinajstić information content (AvgIpc) is 2.64. The van der Waals surface area contributed by atoms with Gasteiger partial charge in [-0.2, -0.15) is 0 Å². The van der Waals surface area contributed by atoms with E-state index in [-0.39, 0.29) is 12.0 Å². The number of carbonyl (C=O) groups is 1. The summed E-state index contributed by atoms with van der Waals surface area (Å²) < 4.78 is 7.25. The number of aromatic nitrogens is 2. The lowest BCUT2D eigenvalue weighted by Gasteiger charge is -2.20. The molecule has 18 heavy (non-hydrogen) atoms. The topological polar surface area (TPSA) is 44.1 Å². The van der Waals surface area contributed by atoms with Crippen LogP contribution in [0.25, 0.3) is 0 Å². The van der Waals surface area contributed by atoms with E-state index in [1.54, 1.807) is 0 Å². The second-order valence-corrected chi connectivity index (χ2v) is 4.99. The van der Waals surface area contributed by atoms with E-state index in [9.17, 15) is 4.79 Å². The second-order valence-electron chi connectivity index (χ2n) is 4.99. The molecule has 0 aromatic carbocycles. The van der Waals surface area contributed by atoms with E-state index in [1.807, 2.05) is 13.8 Å². The number of fused-ring (bicyclic) bond motifs is 1. The number of aryl methyl sites for hydroxylation is 2. The van der Waals surface area contributed by atoms with Gasteiger partial charge in [-0.1, -0.05) is 0 Å². The molecule has 1 aliphatic carbocycles. The highest BCUT2D eigenvalue weighted by molar-refractivity contribution is 5.69. The molecule has 0 aliphatic heterocycles. The molecule has 1 atom stereocenters. The summed E-state index contributed by atoms with van der Waals surface area (Å²) in [6.45, 7) is 6.39. The van der Waals surface area contributed by atoms with E-state index in [0.717, 1.165) is 18.7 Å². The molecule has 100 valence electrons. The number of hydrogen-bond acceptors (Lipinski definition) is 3. The monoisotopic (exact) mass is 250 g/mol. The minimum absolute atomic E-state index is 0.123. The first-order chi connectivity index (χ1) is 8.63. The van der Waals surface area contributed by atoms with E-state index in [1.165, 1.54) is 24.2 Å². The van der Waals surface area contributed by atoms with Crippen molar-refractivity contribution in [2.24, 2.45) is 0 Å². The van der Waals surface area contributed by atoms with Gasteiger partial charge in [-0.05, 0) is 46.5 Å². The van der Waals surface area contributed by atoms with Crippen LogP contribution in [0.15, 0.2) is 0 Å². The van der Waals surface area contributed by atoms with Crippen LogP contribution in [-0.2, 0) is 22.4 Å². The Morgan fingerprint density at radius 1 is 1.44 bits per heavy atom. The summed E-state index contributed by atoms with van der Waals surface area (Å²) in [6, 6.07) is 0.137. The fourth-order valence-electron chi connectivity index (χ4n) is 2.84. The normalized spacial score (nSPS) is 16.2. The van der Waals surface area contributed by atoms with Gasteiger partial charge in [0.2, 0.25) is 0 Å². The molecule has 0 N–H and O–H groups in total. The van der Waals surface area contributed by atoms with Crippen molar-refractivity contribution in [3.63, 3.8) is 0 Å². The Hall–Kier alpha value is -1.32. The van der Waals surface area contributed by atoms with Crippen LogP contribution in [0, 0.1) is 6.92 Å². The maximum Gasteiger partial charge on any atom is 0.307 e. The molecule has 0 saturated carbocycles. The fourth-order valence-corrected chi connectivity index (χ4v) is 2.84. The summed E-state index contributed by atoms with van der Waals surface area (Å²) in [5.74, 6) is 0.904. The van der Waals surface area contributed by atoms with E-state index in [2.05, 4.69) is 16.5 Å². The third-order valence-corrected chi connectivity index (χ3v) is 3.55. The van der Waals surface area contributed by atoms with Crippen LogP contribution in [-0.4, -0.2) is 22.1 Å². The van der Waals surface area contributed by atoms with Crippen LogP contribution >= 0.6 is 0 Å². The quantitative estimate of drug-likeness (QED) is 0.771. The maximum atomic E-state index is 11.6. The Morgan fingerprint density at radius 2 is 2.17 bits per heavy atom. The van der Waals surface area contributed by atoms with Gasteiger partial charge < -0.3 is 9.30 Å². The summed E-state index contributed by atoms with van der Waals surface area (Å²) >= 11 is 0. The molecule has 1 unspecified atom stereocenters. The molecule has 2 rings (SSSR count). The Labute approximate surface area is 108 Å². The van der Waals surface area contributed by atoms with Gasteiger partial charge in [-0.3, -0.25) is 4.79 Å². The van der Waals surface area contributed by atoms with Crippen LogP contribution in [0.2, 0.25) is 0 Å². The molecule has 0 radical (unpaired) electrons. The standard InChI is InChI=1S/C14H22N2O2/c1-4-18-14(17)9-10(2)16-11(3)15-12-7-5-6-8-13(12)16/h10H,4-9H2,1-3H3. The SMILES string of the molecule is CCOC(=O)CC(C)n1c(C)nc2c1CCCC2. The van der Waals surface area contributed by atoms with E-state index in [0.29, 0.717) is 13.0 Å². The molecule has 1 aliphatic rings. The molecule has 0 bridgehead atoms. The molecular weight excluding hydrogens is 228 g/mol. The van der Waals surface area contributed by atoms with E-state index in [4.69, 9.17) is 4.74 Å². The van der Waals surface area contributed by atoms with Gasteiger partial charge in [0.05, 0.1) is 18.7 Å². The number of rotatable bonds is 4. The molecule has 0 spiro atoms. The summed E-state index contributed by atoms with van der Waals surface area (Å²) in [5, 5.41) is 0. The van der Waals surface area contributed by atoms with Crippen molar-refractivity contribution in [1.29, 1.82) is 0 Å². The van der Waals surface area contributed by atoms with Gasteiger partial charge in [-0.25, -0.2) is 4.98 Å². The van der Waals surface area contributed by atoms with Gasteiger partial charge in [-0.15, -0.1) is 0 Å². The van der Waals surface area contributed by atoms with E-state index < -0.39 is 0 Å². The number of carbonyl (C=O) groups excluding carboxylic acids is 1. The van der Waals surface area contributed by atoms with Gasteiger partial charge in [0.15, 0.2) is 0 Å². The van der Waals surface area contributed by atoms with Crippen molar-refractivity contribution in [3.05, 3.63) is 17.2 Å². The number of imidazole rings is 1. The molecular formula is C14H22N2O2. The third kappa shape index (κ3) is 2.57. The molecule has 0 fully saturated rings. The van der Waals surface area contributed by atoms with Crippen molar-refractivity contribution in [2.45, 2.75) is 58.9 Å². The summed E-state index contributed by atoms with van der Waals surface area (Å²) in [7, 11) is 0. The first-order valence-corrected chi connectivity index (χ1v) is 6.85. The summed E-state index contributed by atoms with van der Waals surface area (Å²) in [4.78, 5) is 16.2. The highest BCUT2D eigenvalue weighted by atomic mass is 16.5. The first-order valence-electron chi connectivity index (χ1n) is 6.85. The van der Waals surface area contributed by atoms with Crippen LogP contribution < -0.4 is 0 Å². The highest BCUT2D eigenvalue weighted by Gasteiger charge is 2.22. The molecule has 1 aromatic rings. The minimum Gasteiger partial charge on any atom is -0.466 e. The first kappa shape index (κ1) is 13.1. The molecule has 0 saturated heterocycles. The lowest BCUT2D eigenvalue weighted by Crippen LogP contribution is -2.17. The van der Waals surface area contributed by atoms with Crippen molar-refractivity contribution >= 4 is 5.97 Å². The smallest absolute Gasteiger partial charge is 0.307 e. The average molecular weight is 250 g/mol. The fraction of sp³-hybridized carbons (Fsp3) is 0.714. The van der Waals surface area contributed by atoms with Crippen molar-refractivity contribution in [2.75, 3.05) is 6.61 Å². The molecule has 1 heterocycles. The zero-order chi connectivity index (χ0) is 13.1.